The Hall–Kier alpha value is -2.17. The Bertz CT molecular complexity index is 810. The highest BCUT2D eigenvalue weighted by atomic mass is 32.2. The molecule has 2 aromatic rings. The van der Waals surface area contributed by atoms with Crippen LogP contribution in [0.3, 0.4) is 0 Å². The maximum atomic E-state index is 12.5. The number of nitrogens with zero attached hydrogens (tertiary/aromatic N) is 2. The molecule has 0 amide bonds. The number of H-pyrrole nitrogens is 1. The molecule has 11 heteroatoms. The van der Waals surface area contributed by atoms with E-state index in [4.69, 9.17) is 0 Å². The molecule has 7 nitrogen and oxygen atoms in total. The third-order valence-corrected chi connectivity index (χ3v) is 3.99. The highest BCUT2D eigenvalue weighted by Gasteiger charge is 2.50. The minimum absolute atomic E-state index is 0.0790. The topological polar surface area (TPSA) is 106 Å². The number of hydrogen-bond donors (Lipinski definition) is 1. The summed E-state index contributed by atoms with van der Waals surface area (Å²) in [5.74, 6) is 0.288. The summed E-state index contributed by atoms with van der Waals surface area (Å²) in [6.45, 7) is 1.48. The van der Waals surface area contributed by atoms with Crippen LogP contribution < -0.4 is 0 Å². The molecule has 0 saturated carbocycles. The fourth-order valence-electron chi connectivity index (χ4n) is 1.64. The molecule has 0 saturated heterocycles. The number of alkyl halides is 3. The SMILES string of the molecule is Cc1nc2cc(S(=O)(=O)C(F)(F)F)c([N+](=O)[O-])cc2[nH]1. The number of rotatable bonds is 2. The van der Waals surface area contributed by atoms with Crippen molar-refractivity contribution in [2.75, 3.05) is 0 Å². The molecule has 0 unspecified atom stereocenters. The average Bonchev–Trinajstić information content (AvgIpc) is 2.64. The number of fused-ring (bicyclic) bond motifs is 1. The van der Waals surface area contributed by atoms with E-state index in [1.165, 1.54) is 6.92 Å². The van der Waals surface area contributed by atoms with Crippen LogP contribution in [-0.4, -0.2) is 28.8 Å². The van der Waals surface area contributed by atoms with Crippen molar-refractivity contribution in [1.82, 2.24) is 9.97 Å². The molecule has 0 fully saturated rings. The van der Waals surface area contributed by atoms with Crippen molar-refractivity contribution in [1.29, 1.82) is 0 Å². The molecule has 108 valence electrons. The summed E-state index contributed by atoms with van der Waals surface area (Å²) in [5.41, 5.74) is -6.80. The van der Waals surface area contributed by atoms with E-state index in [2.05, 4.69) is 9.97 Å². The van der Waals surface area contributed by atoms with Gasteiger partial charge in [0.2, 0.25) is 0 Å². The standard InChI is InChI=1S/C9H6F3N3O4S/c1-4-13-5-2-7(15(16)17)8(3-6(5)14-4)20(18,19)9(10,11)12/h2-3H,1H3,(H,13,14). The zero-order valence-corrected chi connectivity index (χ0v) is 10.5. The predicted molar refractivity (Wildman–Crippen MR) is 60.7 cm³/mol. The van der Waals surface area contributed by atoms with E-state index in [-0.39, 0.29) is 16.9 Å². The van der Waals surface area contributed by atoms with Gasteiger partial charge in [0.25, 0.3) is 15.5 Å². The maximum absolute atomic E-state index is 12.5. The number of imidazole rings is 1. The van der Waals surface area contributed by atoms with Crippen LogP contribution in [0, 0.1) is 17.0 Å². The maximum Gasteiger partial charge on any atom is 0.502 e. The van der Waals surface area contributed by atoms with Gasteiger partial charge in [-0.1, -0.05) is 0 Å². The predicted octanol–water partition coefficient (Wildman–Crippen LogP) is 2.07. The Labute approximate surface area is 109 Å². The molecule has 20 heavy (non-hydrogen) atoms. The molecule has 0 radical (unpaired) electrons. The highest BCUT2D eigenvalue weighted by Crippen LogP contribution is 2.37. The molecule has 0 aliphatic heterocycles. The molecule has 1 aromatic carbocycles. The van der Waals surface area contributed by atoms with Gasteiger partial charge in [0, 0.05) is 6.07 Å². The smallest absolute Gasteiger partial charge is 0.342 e. The summed E-state index contributed by atoms with van der Waals surface area (Å²) < 4.78 is 60.3. The lowest BCUT2D eigenvalue weighted by atomic mass is 10.3. The first-order chi connectivity index (χ1) is 9.04. The molecule has 2 rings (SSSR count). The van der Waals surface area contributed by atoms with Crippen LogP contribution in [0.15, 0.2) is 17.0 Å². The van der Waals surface area contributed by atoms with Crippen LogP contribution in [0.25, 0.3) is 11.0 Å². The van der Waals surface area contributed by atoms with Crippen molar-refractivity contribution in [3.05, 3.63) is 28.1 Å². The number of aromatic nitrogens is 2. The van der Waals surface area contributed by atoms with Crippen molar-refractivity contribution in [3.63, 3.8) is 0 Å². The van der Waals surface area contributed by atoms with Crippen molar-refractivity contribution in [2.45, 2.75) is 17.3 Å². The molecule has 1 heterocycles. The quantitative estimate of drug-likeness (QED) is 0.675. The number of nitro groups is 1. The van der Waals surface area contributed by atoms with Gasteiger partial charge in [-0.2, -0.15) is 13.2 Å². The first-order valence-corrected chi connectivity index (χ1v) is 6.48. The normalized spacial score (nSPS) is 12.8. The number of nitrogens with one attached hydrogen (secondary N) is 1. The zero-order valence-electron chi connectivity index (χ0n) is 9.72. The van der Waals surface area contributed by atoms with E-state index >= 15 is 0 Å². The summed E-state index contributed by atoms with van der Waals surface area (Å²) in [5, 5.41) is 10.8. The molecule has 1 aromatic heterocycles. The Morgan fingerprint density at radius 1 is 1.35 bits per heavy atom. The average molecular weight is 309 g/mol. The number of aryl methyl sites for hydroxylation is 1. The van der Waals surface area contributed by atoms with Gasteiger partial charge in [0.1, 0.15) is 5.82 Å². The van der Waals surface area contributed by atoms with Gasteiger partial charge < -0.3 is 4.98 Å². The van der Waals surface area contributed by atoms with Crippen molar-refractivity contribution in [3.8, 4) is 0 Å². The highest BCUT2D eigenvalue weighted by molar-refractivity contribution is 7.92. The van der Waals surface area contributed by atoms with Crippen molar-refractivity contribution < 1.29 is 26.5 Å². The van der Waals surface area contributed by atoms with Gasteiger partial charge in [-0.3, -0.25) is 10.1 Å². The molecular formula is C9H6F3N3O4S. The molecule has 0 bridgehead atoms. The third kappa shape index (κ3) is 2.09. The van der Waals surface area contributed by atoms with Gasteiger partial charge in [0.15, 0.2) is 4.90 Å². The van der Waals surface area contributed by atoms with E-state index in [1.54, 1.807) is 0 Å². The van der Waals surface area contributed by atoms with Crippen LogP contribution >= 0.6 is 0 Å². The summed E-state index contributed by atoms with van der Waals surface area (Å²) in [4.78, 5) is 14.5. The lowest BCUT2D eigenvalue weighted by molar-refractivity contribution is -0.387. The minimum atomic E-state index is -5.83. The lowest BCUT2D eigenvalue weighted by Gasteiger charge is -2.08. The van der Waals surface area contributed by atoms with Crippen LogP contribution in [0.4, 0.5) is 18.9 Å². The van der Waals surface area contributed by atoms with Gasteiger partial charge >= 0.3 is 5.51 Å². The van der Waals surface area contributed by atoms with Crippen LogP contribution in [0.5, 0.6) is 0 Å². The Morgan fingerprint density at radius 3 is 2.45 bits per heavy atom. The van der Waals surface area contributed by atoms with E-state index in [0.717, 1.165) is 0 Å². The van der Waals surface area contributed by atoms with E-state index in [9.17, 15) is 31.7 Å². The van der Waals surface area contributed by atoms with Gasteiger partial charge in [-0.05, 0) is 13.0 Å². The summed E-state index contributed by atoms with van der Waals surface area (Å²) in [6.07, 6.45) is 0. The molecule has 0 aliphatic carbocycles. The van der Waals surface area contributed by atoms with E-state index < -0.39 is 30.9 Å². The number of sulfone groups is 1. The minimum Gasteiger partial charge on any atom is -0.342 e. The fourth-order valence-corrected chi connectivity index (χ4v) is 2.56. The van der Waals surface area contributed by atoms with Gasteiger partial charge in [-0.15, -0.1) is 0 Å². The van der Waals surface area contributed by atoms with Crippen LogP contribution in [-0.2, 0) is 9.84 Å². The second-order valence-electron chi connectivity index (χ2n) is 3.87. The number of halogens is 3. The second kappa shape index (κ2) is 4.16. The number of hydrogen-bond acceptors (Lipinski definition) is 5. The Kier molecular flexibility index (Phi) is 2.96. The molecular weight excluding hydrogens is 303 g/mol. The zero-order chi connectivity index (χ0) is 15.3. The Balaban J connectivity index is 2.87. The van der Waals surface area contributed by atoms with E-state index in [1.807, 2.05) is 0 Å². The number of aromatic amines is 1. The summed E-state index contributed by atoms with van der Waals surface area (Å²) in [7, 11) is -5.83. The van der Waals surface area contributed by atoms with Crippen molar-refractivity contribution >= 4 is 26.6 Å². The molecule has 1 N–H and O–H groups in total. The third-order valence-electron chi connectivity index (χ3n) is 2.47. The molecule has 0 spiro atoms. The van der Waals surface area contributed by atoms with E-state index in [0.29, 0.717) is 12.1 Å². The first-order valence-electron chi connectivity index (χ1n) is 5.00. The van der Waals surface area contributed by atoms with Crippen LogP contribution in [0.1, 0.15) is 5.82 Å². The number of nitro benzene ring substituents is 1. The molecule has 0 atom stereocenters. The second-order valence-corrected chi connectivity index (χ2v) is 5.78. The Morgan fingerprint density at radius 2 is 1.95 bits per heavy atom. The monoisotopic (exact) mass is 309 g/mol. The summed E-state index contributed by atoms with van der Waals surface area (Å²) >= 11 is 0. The van der Waals surface area contributed by atoms with Gasteiger partial charge in [-0.25, -0.2) is 13.4 Å². The van der Waals surface area contributed by atoms with Gasteiger partial charge in [0.05, 0.1) is 16.0 Å². The first kappa shape index (κ1) is 14.2. The number of benzene rings is 1. The summed E-state index contributed by atoms with van der Waals surface area (Å²) in [6, 6.07) is 1.26. The lowest BCUT2D eigenvalue weighted by Crippen LogP contribution is -2.24. The molecule has 0 aliphatic rings. The van der Waals surface area contributed by atoms with Crippen LogP contribution in [0.2, 0.25) is 0 Å². The largest absolute Gasteiger partial charge is 0.502 e. The van der Waals surface area contributed by atoms with Crippen molar-refractivity contribution in [2.24, 2.45) is 0 Å². The fraction of sp³-hybridized carbons (Fsp3) is 0.222.